The van der Waals surface area contributed by atoms with Gasteiger partial charge in [-0.25, -0.2) is 0 Å². The zero-order valence-corrected chi connectivity index (χ0v) is 12.2. The summed E-state index contributed by atoms with van der Waals surface area (Å²) in [6.45, 7) is 2.30. The molecule has 1 unspecified atom stereocenters. The number of rotatable bonds is 4. The van der Waals surface area contributed by atoms with Crippen molar-refractivity contribution in [3.05, 3.63) is 65.2 Å². The number of anilines is 1. The highest BCUT2D eigenvalue weighted by molar-refractivity contribution is 5.89. The Morgan fingerprint density at radius 3 is 2.76 bits per heavy atom. The van der Waals surface area contributed by atoms with Crippen molar-refractivity contribution in [3.63, 3.8) is 0 Å². The van der Waals surface area contributed by atoms with Crippen LogP contribution in [-0.4, -0.2) is 5.91 Å². The van der Waals surface area contributed by atoms with E-state index >= 15 is 0 Å². The third-order valence-electron chi connectivity index (χ3n) is 4.00. The van der Waals surface area contributed by atoms with Gasteiger partial charge in [-0.1, -0.05) is 42.5 Å². The zero-order valence-electron chi connectivity index (χ0n) is 12.2. The van der Waals surface area contributed by atoms with Crippen molar-refractivity contribution in [2.75, 3.05) is 5.32 Å². The largest absolute Gasteiger partial charge is 0.326 e. The van der Waals surface area contributed by atoms with E-state index in [0.717, 1.165) is 30.6 Å². The summed E-state index contributed by atoms with van der Waals surface area (Å²) in [7, 11) is 0. The highest BCUT2D eigenvalue weighted by Crippen LogP contribution is 2.31. The van der Waals surface area contributed by atoms with Crippen molar-refractivity contribution in [1.82, 2.24) is 5.32 Å². The molecular weight excluding hydrogens is 260 g/mol. The Morgan fingerprint density at radius 2 is 1.90 bits per heavy atom. The molecule has 0 radical (unpaired) electrons. The first kappa shape index (κ1) is 13.8. The summed E-state index contributed by atoms with van der Waals surface area (Å²) in [6, 6.07) is 17.0. The number of nitrogens with one attached hydrogen (secondary N) is 2. The van der Waals surface area contributed by atoms with Crippen molar-refractivity contribution in [2.24, 2.45) is 0 Å². The van der Waals surface area contributed by atoms with Crippen LogP contribution in [0.15, 0.2) is 48.5 Å². The number of carbonyl (C=O) groups excluding carboxylic acids is 1. The Balaban J connectivity index is 1.70. The summed E-state index contributed by atoms with van der Waals surface area (Å²) in [5.74, 6) is -0.0336. The molecule has 0 saturated heterocycles. The average molecular weight is 280 g/mol. The SMILES string of the molecule is CC(=O)Nc1ccccc1CNC1CCc2ccccc21. The lowest BCUT2D eigenvalue weighted by atomic mass is 10.1. The predicted octanol–water partition coefficient (Wildman–Crippen LogP) is 3.42. The maximum Gasteiger partial charge on any atom is 0.221 e. The molecule has 0 aromatic heterocycles. The second kappa shape index (κ2) is 6.10. The lowest BCUT2D eigenvalue weighted by Gasteiger charge is -2.16. The molecule has 3 rings (SSSR count). The fraction of sp³-hybridized carbons (Fsp3) is 0.278. The van der Waals surface area contributed by atoms with E-state index < -0.39 is 0 Å². The summed E-state index contributed by atoms with van der Waals surface area (Å²) in [4.78, 5) is 11.3. The summed E-state index contributed by atoms with van der Waals surface area (Å²) in [5.41, 5.74) is 4.88. The smallest absolute Gasteiger partial charge is 0.221 e. The number of fused-ring (bicyclic) bond motifs is 1. The Kier molecular flexibility index (Phi) is 4.02. The van der Waals surface area contributed by atoms with Crippen LogP contribution in [0.3, 0.4) is 0 Å². The van der Waals surface area contributed by atoms with Gasteiger partial charge in [-0.3, -0.25) is 4.79 Å². The fourth-order valence-corrected chi connectivity index (χ4v) is 2.99. The van der Waals surface area contributed by atoms with Crippen LogP contribution in [0.2, 0.25) is 0 Å². The van der Waals surface area contributed by atoms with Gasteiger partial charge in [-0.15, -0.1) is 0 Å². The Morgan fingerprint density at radius 1 is 1.14 bits per heavy atom. The second-order valence-corrected chi connectivity index (χ2v) is 5.51. The first-order chi connectivity index (χ1) is 10.2. The van der Waals surface area contributed by atoms with Crippen LogP contribution in [0.1, 0.15) is 36.1 Å². The lowest BCUT2D eigenvalue weighted by Crippen LogP contribution is -2.20. The first-order valence-corrected chi connectivity index (χ1v) is 7.41. The Hall–Kier alpha value is -2.13. The van der Waals surface area contributed by atoms with Gasteiger partial charge in [0.05, 0.1) is 0 Å². The number of hydrogen-bond acceptors (Lipinski definition) is 2. The molecule has 3 nitrogen and oxygen atoms in total. The van der Waals surface area contributed by atoms with Gasteiger partial charge in [0.2, 0.25) is 5.91 Å². The van der Waals surface area contributed by atoms with Crippen LogP contribution in [-0.2, 0) is 17.8 Å². The molecule has 1 amide bonds. The van der Waals surface area contributed by atoms with Crippen LogP contribution in [0.5, 0.6) is 0 Å². The van der Waals surface area contributed by atoms with Gasteiger partial charge in [0.1, 0.15) is 0 Å². The van der Waals surface area contributed by atoms with Gasteiger partial charge >= 0.3 is 0 Å². The van der Waals surface area contributed by atoms with E-state index in [0.29, 0.717) is 6.04 Å². The molecule has 1 atom stereocenters. The van der Waals surface area contributed by atoms with Gasteiger partial charge in [-0.05, 0) is 35.6 Å². The number of hydrogen-bond donors (Lipinski definition) is 2. The average Bonchev–Trinajstić information content (AvgIpc) is 2.89. The second-order valence-electron chi connectivity index (χ2n) is 5.51. The lowest BCUT2D eigenvalue weighted by molar-refractivity contribution is -0.114. The van der Waals surface area contributed by atoms with Crippen molar-refractivity contribution < 1.29 is 4.79 Å². The van der Waals surface area contributed by atoms with Crippen LogP contribution in [0.4, 0.5) is 5.69 Å². The molecule has 1 aliphatic carbocycles. The molecule has 0 saturated carbocycles. The molecule has 0 spiro atoms. The molecule has 0 bridgehead atoms. The number of para-hydroxylation sites is 1. The minimum absolute atomic E-state index is 0.0336. The molecule has 0 heterocycles. The number of benzene rings is 2. The van der Waals surface area contributed by atoms with Gasteiger partial charge in [0.15, 0.2) is 0 Å². The van der Waals surface area contributed by atoms with Gasteiger partial charge < -0.3 is 10.6 Å². The predicted molar refractivity (Wildman–Crippen MR) is 85.1 cm³/mol. The van der Waals surface area contributed by atoms with Gasteiger partial charge in [0.25, 0.3) is 0 Å². The van der Waals surface area contributed by atoms with Gasteiger partial charge in [0, 0.05) is 25.2 Å². The maximum absolute atomic E-state index is 11.3. The molecule has 2 aromatic rings. The quantitative estimate of drug-likeness (QED) is 0.901. The van der Waals surface area contributed by atoms with E-state index in [-0.39, 0.29) is 5.91 Å². The van der Waals surface area contributed by atoms with Crippen LogP contribution in [0.25, 0.3) is 0 Å². The molecule has 2 aromatic carbocycles. The van der Waals surface area contributed by atoms with Crippen molar-refractivity contribution in [3.8, 4) is 0 Å². The molecular formula is C18H20N2O. The van der Waals surface area contributed by atoms with E-state index in [1.54, 1.807) is 0 Å². The highest BCUT2D eigenvalue weighted by atomic mass is 16.1. The van der Waals surface area contributed by atoms with E-state index in [9.17, 15) is 4.79 Å². The molecule has 21 heavy (non-hydrogen) atoms. The standard InChI is InChI=1S/C18H20N2O/c1-13(21)20-17-9-5-3-7-15(17)12-19-18-11-10-14-6-2-4-8-16(14)18/h2-9,18-19H,10-12H2,1H3,(H,20,21). The van der Waals surface area contributed by atoms with E-state index in [4.69, 9.17) is 0 Å². The summed E-state index contributed by atoms with van der Waals surface area (Å²) < 4.78 is 0. The minimum atomic E-state index is -0.0336. The minimum Gasteiger partial charge on any atom is -0.326 e. The van der Waals surface area contributed by atoms with Crippen LogP contribution < -0.4 is 10.6 Å². The summed E-state index contributed by atoms with van der Waals surface area (Å²) in [5, 5.41) is 6.51. The zero-order chi connectivity index (χ0) is 14.7. The van der Waals surface area contributed by atoms with E-state index in [1.165, 1.54) is 18.1 Å². The molecule has 2 N–H and O–H groups in total. The monoisotopic (exact) mass is 280 g/mol. The third-order valence-corrected chi connectivity index (χ3v) is 4.00. The number of amides is 1. The van der Waals surface area contributed by atoms with Crippen LogP contribution in [0, 0.1) is 0 Å². The van der Waals surface area contributed by atoms with Gasteiger partial charge in [-0.2, -0.15) is 0 Å². The number of carbonyl (C=O) groups is 1. The van der Waals surface area contributed by atoms with E-state index in [2.05, 4.69) is 41.0 Å². The van der Waals surface area contributed by atoms with Crippen molar-refractivity contribution in [1.29, 1.82) is 0 Å². The van der Waals surface area contributed by atoms with Crippen molar-refractivity contribution >= 4 is 11.6 Å². The summed E-state index contributed by atoms with van der Waals surface area (Å²) >= 11 is 0. The normalized spacial score (nSPS) is 16.5. The molecule has 1 aliphatic rings. The molecule has 0 fully saturated rings. The fourth-order valence-electron chi connectivity index (χ4n) is 2.99. The molecule has 0 aliphatic heterocycles. The molecule has 108 valence electrons. The summed E-state index contributed by atoms with van der Waals surface area (Å²) in [6.07, 6.45) is 2.28. The van der Waals surface area contributed by atoms with Crippen molar-refractivity contribution in [2.45, 2.75) is 32.4 Å². The number of aryl methyl sites for hydroxylation is 1. The Labute approximate surface area is 125 Å². The maximum atomic E-state index is 11.3. The first-order valence-electron chi connectivity index (χ1n) is 7.41. The topological polar surface area (TPSA) is 41.1 Å². The van der Waals surface area contributed by atoms with E-state index in [1.807, 2.05) is 18.2 Å². The van der Waals surface area contributed by atoms with Crippen LogP contribution >= 0.6 is 0 Å². The molecule has 3 heteroatoms. The highest BCUT2D eigenvalue weighted by Gasteiger charge is 2.21. The third kappa shape index (κ3) is 3.14. The Bertz CT molecular complexity index is 651.